The van der Waals surface area contributed by atoms with E-state index in [2.05, 4.69) is 26.1 Å². The van der Waals surface area contributed by atoms with E-state index in [0.717, 1.165) is 22.5 Å². The molecule has 0 aliphatic carbocycles. The maximum atomic E-state index is 12.2. The highest BCUT2D eigenvalue weighted by molar-refractivity contribution is 7.13. The molecule has 1 heterocycles. The molecule has 0 bridgehead atoms. The minimum absolute atomic E-state index is 0.154. The van der Waals surface area contributed by atoms with E-state index in [4.69, 9.17) is 11.6 Å². The van der Waals surface area contributed by atoms with Gasteiger partial charge in [-0.15, -0.1) is 10.2 Å². The van der Waals surface area contributed by atoms with Crippen LogP contribution in [-0.2, 0) is 6.54 Å². The van der Waals surface area contributed by atoms with Gasteiger partial charge in [0.05, 0.1) is 6.54 Å². The molecule has 28 heavy (non-hydrogen) atoms. The first-order valence-electron chi connectivity index (χ1n) is 8.42. The number of carbonyl (C=O) groups is 2. The third-order valence-corrected chi connectivity index (χ3v) is 4.98. The van der Waals surface area contributed by atoms with Crippen molar-refractivity contribution in [3.8, 4) is 0 Å². The lowest BCUT2D eigenvalue weighted by Crippen LogP contribution is -2.28. The molecule has 3 N–H and O–H groups in total. The summed E-state index contributed by atoms with van der Waals surface area (Å²) in [4.78, 5) is 24.3. The second-order valence-electron chi connectivity index (χ2n) is 6.09. The van der Waals surface area contributed by atoms with E-state index in [0.29, 0.717) is 21.4 Å². The predicted octanol–water partition coefficient (Wildman–Crippen LogP) is 4.38. The summed E-state index contributed by atoms with van der Waals surface area (Å²) in [5.41, 5.74) is 3.31. The van der Waals surface area contributed by atoms with Crippen LogP contribution in [0, 0.1) is 13.8 Å². The number of hydrogen-bond donors (Lipinski definition) is 3. The van der Waals surface area contributed by atoms with Gasteiger partial charge in [-0.2, -0.15) is 0 Å². The minimum atomic E-state index is -0.397. The van der Waals surface area contributed by atoms with Crippen molar-refractivity contribution in [1.29, 1.82) is 0 Å². The zero-order valence-corrected chi connectivity index (χ0v) is 16.8. The van der Waals surface area contributed by atoms with Gasteiger partial charge in [0.25, 0.3) is 5.91 Å². The Balaban J connectivity index is 1.54. The smallest absolute Gasteiger partial charge is 0.319 e. The molecule has 2 aromatic carbocycles. The number of urea groups is 1. The molecule has 0 atom stereocenters. The molecule has 3 aromatic rings. The molecule has 0 aliphatic heterocycles. The monoisotopic (exact) mass is 415 g/mol. The lowest BCUT2D eigenvalue weighted by molar-refractivity contribution is 0.102. The molecular weight excluding hydrogens is 398 g/mol. The number of halogens is 1. The van der Waals surface area contributed by atoms with Gasteiger partial charge in [-0.25, -0.2) is 4.79 Å². The number of aromatic nitrogens is 2. The quantitative estimate of drug-likeness (QED) is 0.576. The molecule has 0 spiro atoms. The number of hydrogen-bond acceptors (Lipinski definition) is 5. The van der Waals surface area contributed by atoms with Crippen LogP contribution in [0.3, 0.4) is 0 Å². The fraction of sp³-hybridized carbons (Fsp3) is 0.158. The standard InChI is InChI=1S/C19H18ClN5O2S/c1-11-3-7-14(8-4-11)22-17(26)18-25-24-16(28-18)10-21-19(27)23-15-9-13(20)6-5-12(15)2/h3-9H,10H2,1-2H3,(H,22,26)(H2,21,23,27). The Labute approximate surface area is 171 Å². The van der Waals surface area contributed by atoms with E-state index in [1.165, 1.54) is 0 Å². The van der Waals surface area contributed by atoms with Crippen LogP contribution < -0.4 is 16.0 Å². The summed E-state index contributed by atoms with van der Waals surface area (Å²) in [5.74, 6) is -0.341. The van der Waals surface area contributed by atoms with Crippen molar-refractivity contribution < 1.29 is 9.59 Å². The molecule has 3 rings (SSSR count). The lowest BCUT2D eigenvalue weighted by Gasteiger charge is -2.09. The second-order valence-corrected chi connectivity index (χ2v) is 7.59. The van der Waals surface area contributed by atoms with Crippen molar-refractivity contribution in [2.75, 3.05) is 10.6 Å². The molecule has 144 valence electrons. The maximum Gasteiger partial charge on any atom is 0.319 e. The summed E-state index contributed by atoms with van der Waals surface area (Å²) in [5, 5.41) is 17.3. The molecule has 0 fully saturated rings. The minimum Gasteiger partial charge on any atom is -0.331 e. The average molecular weight is 416 g/mol. The molecule has 3 amide bonds. The first-order chi connectivity index (χ1) is 13.4. The van der Waals surface area contributed by atoms with Crippen LogP contribution in [0.25, 0.3) is 0 Å². The molecule has 9 heteroatoms. The fourth-order valence-corrected chi connectivity index (χ4v) is 3.14. The van der Waals surface area contributed by atoms with E-state index in [1.807, 2.05) is 44.2 Å². The van der Waals surface area contributed by atoms with Gasteiger partial charge in [0.2, 0.25) is 5.01 Å². The Morgan fingerprint density at radius 3 is 2.54 bits per heavy atom. The predicted molar refractivity (Wildman–Crippen MR) is 111 cm³/mol. The molecular formula is C19H18ClN5O2S. The number of anilines is 2. The highest BCUT2D eigenvalue weighted by Gasteiger charge is 2.14. The number of amides is 3. The number of benzene rings is 2. The molecule has 0 unspecified atom stereocenters. The van der Waals surface area contributed by atoms with Gasteiger partial charge in [-0.05, 0) is 43.7 Å². The largest absolute Gasteiger partial charge is 0.331 e. The van der Waals surface area contributed by atoms with Crippen LogP contribution >= 0.6 is 22.9 Å². The fourth-order valence-electron chi connectivity index (χ4n) is 2.29. The third kappa shape index (κ3) is 5.28. The van der Waals surface area contributed by atoms with Gasteiger partial charge in [-0.3, -0.25) is 4.79 Å². The number of carbonyl (C=O) groups excluding carboxylic acids is 2. The molecule has 0 aliphatic rings. The Hall–Kier alpha value is -2.97. The molecule has 7 nitrogen and oxygen atoms in total. The SMILES string of the molecule is Cc1ccc(NC(=O)c2nnc(CNC(=O)Nc3cc(Cl)ccc3C)s2)cc1. The third-order valence-electron chi connectivity index (χ3n) is 3.82. The van der Waals surface area contributed by atoms with Gasteiger partial charge in [-0.1, -0.05) is 46.7 Å². The summed E-state index contributed by atoms with van der Waals surface area (Å²) in [6.07, 6.45) is 0. The topological polar surface area (TPSA) is 96.0 Å². The van der Waals surface area contributed by atoms with E-state index in [1.54, 1.807) is 12.1 Å². The summed E-state index contributed by atoms with van der Waals surface area (Å²) in [6.45, 7) is 4.00. The number of nitrogens with one attached hydrogen (secondary N) is 3. The van der Waals surface area contributed by atoms with Crippen molar-refractivity contribution in [3.63, 3.8) is 0 Å². The number of nitrogens with zero attached hydrogens (tertiary/aromatic N) is 2. The van der Waals surface area contributed by atoms with Crippen LogP contribution in [0.1, 0.15) is 25.9 Å². The molecule has 1 aromatic heterocycles. The van der Waals surface area contributed by atoms with Crippen molar-refractivity contribution >= 4 is 46.3 Å². The van der Waals surface area contributed by atoms with Crippen LogP contribution in [0.5, 0.6) is 0 Å². The highest BCUT2D eigenvalue weighted by atomic mass is 35.5. The first-order valence-corrected chi connectivity index (χ1v) is 9.61. The summed E-state index contributed by atoms with van der Waals surface area (Å²) < 4.78 is 0. The Morgan fingerprint density at radius 1 is 1.04 bits per heavy atom. The van der Waals surface area contributed by atoms with Gasteiger partial charge < -0.3 is 16.0 Å². The van der Waals surface area contributed by atoms with Gasteiger partial charge in [0.15, 0.2) is 0 Å². The Kier molecular flexibility index (Phi) is 6.23. The second kappa shape index (κ2) is 8.81. The zero-order valence-electron chi connectivity index (χ0n) is 15.2. The van der Waals surface area contributed by atoms with Crippen LogP contribution in [-0.4, -0.2) is 22.1 Å². The molecule has 0 saturated heterocycles. The lowest BCUT2D eigenvalue weighted by atomic mass is 10.2. The number of aryl methyl sites for hydroxylation is 2. The van der Waals surface area contributed by atoms with Gasteiger partial charge in [0, 0.05) is 16.4 Å². The molecule has 0 radical (unpaired) electrons. The zero-order chi connectivity index (χ0) is 20.1. The van der Waals surface area contributed by atoms with Crippen LogP contribution in [0.4, 0.5) is 16.2 Å². The van der Waals surface area contributed by atoms with Gasteiger partial charge >= 0.3 is 6.03 Å². The number of rotatable bonds is 5. The molecule has 0 saturated carbocycles. The van der Waals surface area contributed by atoms with E-state index < -0.39 is 6.03 Å². The van der Waals surface area contributed by atoms with E-state index >= 15 is 0 Å². The van der Waals surface area contributed by atoms with Gasteiger partial charge in [0.1, 0.15) is 5.01 Å². The van der Waals surface area contributed by atoms with Crippen LogP contribution in [0.2, 0.25) is 5.02 Å². The summed E-state index contributed by atoms with van der Waals surface area (Å²) in [7, 11) is 0. The Bertz CT molecular complexity index is 1000. The Morgan fingerprint density at radius 2 is 1.79 bits per heavy atom. The first kappa shape index (κ1) is 19.8. The van der Waals surface area contributed by atoms with Crippen molar-refractivity contribution in [2.45, 2.75) is 20.4 Å². The normalized spacial score (nSPS) is 10.4. The van der Waals surface area contributed by atoms with E-state index in [-0.39, 0.29) is 17.5 Å². The highest BCUT2D eigenvalue weighted by Crippen LogP contribution is 2.20. The van der Waals surface area contributed by atoms with Crippen molar-refractivity contribution in [2.24, 2.45) is 0 Å². The van der Waals surface area contributed by atoms with Crippen molar-refractivity contribution in [1.82, 2.24) is 15.5 Å². The van der Waals surface area contributed by atoms with Crippen LogP contribution in [0.15, 0.2) is 42.5 Å². The summed E-state index contributed by atoms with van der Waals surface area (Å²) >= 11 is 7.06. The maximum absolute atomic E-state index is 12.2. The summed E-state index contributed by atoms with van der Waals surface area (Å²) in [6, 6.07) is 12.3. The average Bonchev–Trinajstić information content (AvgIpc) is 3.14. The van der Waals surface area contributed by atoms with Crippen molar-refractivity contribution in [3.05, 3.63) is 68.6 Å². The van der Waals surface area contributed by atoms with E-state index in [9.17, 15) is 9.59 Å².